The molecule has 0 saturated heterocycles. The number of hydrogen-bond donors (Lipinski definition) is 1. The number of rotatable bonds is 8. The van der Waals surface area contributed by atoms with Crippen molar-refractivity contribution in [2.75, 3.05) is 26.2 Å². The van der Waals surface area contributed by atoms with Crippen molar-refractivity contribution in [2.45, 2.75) is 33.2 Å². The first-order valence-electron chi connectivity index (χ1n) is 6.99. The third-order valence-electron chi connectivity index (χ3n) is 3.43. The van der Waals surface area contributed by atoms with E-state index in [-0.39, 0.29) is 6.04 Å². The van der Waals surface area contributed by atoms with Gasteiger partial charge in [0.25, 0.3) is 0 Å². The van der Waals surface area contributed by atoms with E-state index in [9.17, 15) is 8.78 Å². The Hall–Kier alpha value is -1.00. The second-order valence-electron chi connectivity index (χ2n) is 4.72. The fourth-order valence-corrected chi connectivity index (χ4v) is 2.12. The highest BCUT2D eigenvalue weighted by Crippen LogP contribution is 2.17. The number of benzene rings is 1. The van der Waals surface area contributed by atoms with Crippen molar-refractivity contribution in [1.29, 1.82) is 0 Å². The molecule has 1 unspecified atom stereocenters. The molecule has 19 heavy (non-hydrogen) atoms. The van der Waals surface area contributed by atoms with Crippen LogP contribution in [0.5, 0.6) is 0 Å². The lowest BCUT2D eigenvalue weighted by Gasteiger charge is -2.19. The molecule has 0 aliphatic heterocycles. The van der Waals surface area contributed by atoms with E-state index in [2.05, 4.69) is 24.1 Å². The average molecular weight is 270 g/mol. The first kappa shape index (κ1) is 16.1. The molecule has 0 bridgehead atoms. The number of nitrogens with zero attached hydrogens (tertiary/aromatic N) is 1. The minimum atomic E-state index is -0.532. The van der Waals surface area contributed by atoms with Crippen LogP contribution in [0.1, 0.15) is 38.8 Å². The summed E-state index contributed by atoms with van der Waals surface area (Å²) in [6.07, 6.45) is 1.02. The summed E-state index contributed by atoms with van der Waals surface area (Å²) in [6.45, 7) is 10.2. The van der Waals surface area contributed by atoms with Gasteiger partial charge in [0.2, 0.25) is 0 Å². The minimum Gasteiger partial charge on any atom is -0.310 e. The molecular weight excluding hydrogens is 246 g/mol. The van der Waals surface area contributed by atoms with E-state index < -0.39 is 11.6 Å². The zero-order valence-corrected chi connectivity index (χ0v) is 12.0. The van der Waals surface area contributed by atoms with Crippen LogP contribution < -0.4 is 5.32 Å². The van der Waals surface area contributed by atoms with Gasteiger partial charge in [-0.1, -0.05) is 19.9 Å². The van der Waals surface area contributed by atoms with Crippen LogP contribution in [-0.4, -0.2) is 31.1 Å². The second kappa shape index (κ2) is 8.23. The molecule has 4 heteroatoms. The molecule has 0 aromatic heterocycles. The average Bonchev–Trinajstić information content (AvgIpc) is 2.38. The molecule has 1 rings (SSSR count). The Labute approximate surface area is 114 Å². The molecule has 1 N–H and O–H groups in total. The van der Waals surface area contributed by atoms with Gasteiger partial charge in [-0.05, 0) is 45.6 Å². The van der Waals surface area contributed by atoms with Gasteiger partial charge in [0.1, 0.15) is 11.6 Å². The minimum absolute atomic E-state index is 0.0997. The Kier molecular flexibility index (Phi) is 6.95. The normalized spacial score (nSPS) is 12.9. The van der Waals surface area contributed by atoms with Crippen molar-refractivity contribution in [3.63, 3.8) is 0 Å². The summed E-state index contributed by atoms with van der Waals surface area (Å²) in [5.41, 5.74) is 0.518. The molecule has 1 aromatic rings. The summed E-state index contributed by atoms with van der Waals surface area (Å²) in [5.74, 6) is -1.02. The highest BCUT2D eigenvalue weighted by molar-refractivity contribution is 5.21. The van der Waals surface area contributed by atoms with Crippen LogP contribution in [0, 0.1) is 11.6 Å². The van der Waals surface area contributed by atoms with Crippen molar-refractivity contribution < 1.29 is 8.78 Å². The lowest BCUT2D eigenvalue weighted by molar-refractivity contribution is 0.296. The molecule has 2 nitrogen and oxygen atoms in total. The zero-order valence-electron chi connectivity index (χ0n) is 12.0. The lowest BCUT2D eigenvalue weighted by Crippen LogP contribution is -2.28. The zero-order chi connectivity index (χ0) is 14.3. The van der Waals surface area contributed by atoms with Crippen LogP contribution in [0.15, 0.2) is 18.2 Å². The van der Waals surface area contributed by atoms with Crippen molar-refractivity contribution in [3.8, 4) is 0 Å². The van der Waals surface area contributed by atoms with Crippen LogP contribution in [0.25, 0.3) is 0 Å². The highest BCUT2D eigenvalue weighted by Gasteiger charge is 2.10. The first-order chi connectivity index (χ1) is 9.08. The third kappa shape index (κ3) is 5.25. The van der Waals surface area contributed by atoms with E-state index >= 15 is 0 Å². The Morgan fingerprint density at radius 2 is 1.89 bits per heavy atom. The fraction of sp³-hybridized carbons (Fsp3) is 0.600. The summed E-state index contributed by atoms with van der Waals surface area (Å²) in [7, 11) is 0. The van der Waals surface area contributed by atoms with Crippen LogP contribution in [0.2, 0.25) is 0 Å². The molecule has 0 amide bonds. The summed E-state index contributed by atoms with van der Waals surface area (Å²) >= 11 is 0. The van der Waals surface area contributed by atoms with Gasteiger partial charge in [-0.3, -0.25) is 0 Å². The van der Waals surface area contributed by atoms with E-state index in [1.807, 2.05) is 6.92 Å². The Morgan fingerprint density at radius 3 is 2.47 bits per heavy atom. The monoisotopic (exact) mass is 270 g/mol. The maximum Gasteiger partial charge on any atom is 0.130 e. The largest absolute Gasteiger partial charge is 0.310 e. The molecule has 0 heterocycles. The van der Waals surface area contributed by atoms with E-state index in [1.54, 1.807) is 0 Å². The Balaban J connectivity index is 2.37. The summed E-state index contributed by atoms with van der Waals surface area (Å²) in [5, 5.41) is 3.27. The van der Waals surface area contributed by atoms with Crippen LogP contribution in [0.4, 0.5) is 8.78 Å². The standard InChI is InChI=1S/C15H24F2N2/c1-4-19(5-2)10-6-9-18-12(3)14-8-7-13(16)11-15(14)17/h7-8,11-12,18H,4-6,9-10H2,1-3H3. The number of hydrogen-bond acceptors (Lipinski definition) is 2. The van der Waals surface area contributed by atoms with Crippen molar-refractivity contribution in [2.24, 2.45) is 0 Å². The maximum absolute atomic E-state index is 13.6. The molecule has 1 aromatic carbocycles. The first-order valence-corrected chi connectivity index (χ1v) is 6.99. The van der Waals surface area contributed by atoms with Crippen molar-refractivity contribution >= 4 is 0 Å². The molecule has 0 radical (unpaired) electrons. The van der Waals surface area contributed by atoms with Crippen LogP contribution >= 0.6 is 0 Å². The second-order valence-corrected chi connectivity index (χ2v) is 4.72. The molecule has 0 aliphatic carbocycles. The molecule has 1 atom stereocenters. The quantitative estimate of drug-likeness (QED) is 0.729. The van der Waals surface area contributed by atoms with Crippen LogP contribution in [-0.2, 0) is 0 Å². The number of nitrogens with one attached hydrogen (secondary N) is 1. The van der Waals surface area contributed by atoms with Gasteiger partial charge in [0.05, 0.1) is 0 Å². The summed E-state index contributed by atoms with van der Waals surface area (Å²) in [4.78, 5) is 2.35. The van der Waals surface area contributed by atoms with E-state index in [4.69, 9.17) is 0 Å². The smallest absolute Gasteiger partial charge is 0.130 e. The molecule has 0 aliphatic rings. The third-order valence-corrected chi connectivity index (χ3v) is 3.43. The summed E-state index contributed by atoms with van der Waals surface area (Å²) < 4.78 is 26.4. The topological polar surface area (TPSA) is 15.3 Å². The predicted octanol–water partition coefficient (Wildman–Crippen LogP) is 3.35. The SMILES string of the molecule is CCN(CC)CCCNC(C)c1ccc(F)cc1F. The Morgan fingerprint density at radius 1 is 1.21 bits per heavy atom. The fourth-order valence-electron chi connectivity index (χ4n) is 2.12. The van der Waals surface area contributed by atoms with Gasteiger partial charge >= 0.3 is 0 Å². The molecule has 0 spiro atoms. The van der Waals surface area contributed by atoms with Gasteiger partial charge in [0, 0.05) is 17.7 Å². The van der Waals surface area contributed by atoms with Crippen LogP contribution in [0.3, 0.4) is 0 Å². The molecule has 0 saturated carbocycles. The van der Waals surface area contributed by atoms with Gasteiger partial charge in [-0.15, -0.1) is 0 Å². The van der Waals surface area contributed by atoms with Gasteiger partial charge in [-0.2, -0.15) is 0 Å². The van der Waals surface area contributed by atoms with Gasteiger partial charge < -0.3 is 10.2 Å². The lowest BCUT2D eigenvalue weighted by atomic mass is 10.1. The molecule has 108 valence electrons. The van der Waals surface area contributed by atoms with E-state index in [0.717, 1.165) is 38.7 Å². The maximum atomic E-state index is 13.6. The van der Waals surface area contributed by atoms with E-state index in [1.165, 1.54) is 12.1 Å². The van der Waals surface area contributed by atoms with Gasteiger partial charge in [-0.25, -0.2) is 8.78 Å². The van der Waals surface area contributed by atoms with Crippen molar-refractivity contribution in [1.82, 2.24) is 10.2 Å². The highest BCUT2D eigenvalue weighted by atomic mass is 19.1. The van der Waals surface area contributed by atoms with Gasteiger partial charge in [0.15, 0.2) is 0 Å². The Bertz CT molecular complexity index is 378. The summed E-state index contributed by atoms with van der Waals surface area (Å²) in [6, 6.07) is 3.64. The van der Waals surface area contributed by atoms with E-state index in [0.29, 0.717) is 5.56 Å². The predicted molar refractivity (Wildman–Crippen MR) is 75.2 cm³/mol. The van der Waals surface area contributed by atoms with Crippen molar-refractivity contribution in [3.05, 3.63) is 35.4 Å². The number of halogens is 2. The molecular formula is C15H24F2N2. The molecule has 0 fully saturated rings.